The van der Waals surface area contributed by atoms with Gasteiger partial charge in [-0.15, -0.1) is 0 Å². The molecule has 6 nitrogen and oxygen atoms in total. The largest absolute Gasteiger partial charge is 0.433 e. The van der Waals surface area contributed by atoms with Gasteiger partial charge in [0.05, 0.1) is 0 Å². The van der Waals surface area contributed by atoms with E-state index in [-0.39, 0.29) is 5.95 Å². The smallest absolute Gasteiger partial charge is 0.355 e. The van der Waals surface area contributed by atoms with E-state index >= 15 is 0 Å². The molecule has 0 unspecified atom stereocenters. The summed E-state index contributed by atoms with van der Waals surface area (Å²) in [6.07, 6.45) is -3.43. The van der Waals surface area contributed by atoms with Gasteiger partial charge in [-0.3, -0.25) is 4.99 Å². The number of guanidine groups is 1. The Bertz CT molecular complexity index is 751. The van der Waals surface area contributed by atoms with Crippen LogP contribution in [0, 0.1) is 0 Å². The SMILES string of the molecule is CN=C(NCCNc1nccc(C(F)(F)F)n1)NCc1ccccc1Cl. The molecule has 0 bridgehead atoms. The van der Waals surface area contributed by atoms with E-state index in [9.17, 15) is 13.2 Å². The molecule has 0 fully saturated rings. The summed E-state index contributed by atoms with van der Waals surface area (Å²) in [7, 11) is 1.62. The number of aliphatic imine (C=N–C) groups is 1. The number of nitrogens with zero attached hydrogens (tertiary/aromatic N) is 3. The molecule has 26 heavy (non-hydrogen) atoms. The van der Waals surface area contributed by atoms with Crippen molar-refractivity contribution in [3.63, 3.8) is 0 Å². The molecule has 0 spiro atoms. The molecule has 10 heteroatoms. The van der Waals surface area contributed by atoms with E-state index < -0.39 is 11.9 Å². The third-order valence-electron chi connectivity index (χ3n) is 3.27. The van der Waals surface area contributed by atoms with Crippen LogP contribution in [0.15, 0.2) is 41.5 Å². The van der Waals surface area contributed by atoms with Gasteiger partial charge in [0.1, 0.15) is 5.69 Å². The monoisotopic (exact) mass is 386 g/mol. The Labute approximate surface area is 153 Å². The first-order valence-corrected chi connectivity index (χ1v) is 8.10. The molecule has 1 heterocycles. The summed E-state index contributed by atoms with van der Waals surface area (Å²) in [5, 5.41) is 9.51. The molecule has 140 valence electrons. The number of nitrogens with one attached hydrogen (secondary N) is 3. The summed E-state index contributed by atoms with van der Waals surface area (Å²) < 4.78 is 37.8. The van der Waals surface area contributed by atoms with Gasteiger partial charge in [-0.25, -0.2) is 9.97 Å². The zero-order chi connectivity index (χ0) is 19.0. The van der Waals surface area contributed by atoms with Crippen LogP contribution in [-0.4, -0.2) is 36.1 Å². The Morgan fingerprint density at radius 1 is 1.15 bits per heavy atom. The molecule has 0 saturated carbocycles. The molecule has 1 aromatic carbocycles. The van der Waals surface area contributed by atoms with Crippen molar-refractivity contribution < 1.29 is 13.2 Å². The van der Waals surface area contributed by atoms with Gasteiger partial charge in [0, 0.05) is 37.9 Å². The minimum atomic E-state index is -4.50. The molecule has 3 N–H and O–H groups in total. The number of hydrogen-bond donors (Lipinski definition) is 3. The van der Waals surface area contributed by atoms with Gasteiger partial charge >= 0.3 is 6.18 Å². The van der Waals surface area contributed by atoms with Crippen molar-refractivity contribution in [1.29, 1.82) is 0 Å². The van der Waals surface area contributed by atoms with E-state index in [2.05, 4.69) is 30.9 Å². The first kappa shape index (κ1) is 19.8. The molecular weight excluding hydrogens is 369 g/mol. The minimum absolute atomic E-state index is 0.0827. The highest BCUT2D eigenvalue weighted by molar-refractivity contribution is 6.31. The van der Waals surface area contributed by atoms with Crippen molar-refractivity contribution >= 4 is 23.5 Å². The van der Waals surface area contributed by atoms with E-state index in [0.29, 0.717) is 30.6 Å². The van der Waals surface area contributed by atoms with E-state index in [4.69, 9.17) is 11.6 Å². The van der Waals surface area contributed by atoms with Gasteiger partial charge in [-0.05, 0) is 17.7 Å². The maximum Gasteiger partial charge on any atom is 0.433 e. The second-order valence-corrected chi connectivity index (χ2v) is 5.54. The van der Waals surface area contributed by atoms with Crippen LogP contribution in [0.25, 0.3) is 0 Å². The molecule has 0 radical (unpaired) electrons. The van der Waals surface area contributed by atoms with Crippen LogP contribution in [0.5, 0.6) is 0 Å². The van der Waals surface area contributed by atoms with Gasteiger partial charge in [-0.2, -0.15) is 13.2 Å². The normalized spacial score (nSPS) is 12.0. The minimum Gasteiger partial charge on any atom is -0.355 e. The van der Waals surface area contributed by atoms with Crippen molar-refractivity contribution in [2.75, 3.05) is 25.5 Å². The number of hydrogen-bond acceptors (Lipinski definition) is 4. The standard InChI is InChI=1S/C16H18ClF3N6/c1-21-14(25-10-11-4-2-3-5-12(11)17)23-8-9-24-15-22-7-6-13(26-15)16(18,19)20/h2-7H,8-10H2,1H3,(H2,21,23,25)(H,22,24,26). The van der Waals surface area contributed by atoms with Gasteiger partial charge in [0.25, 0.3) is 0 Å². The topological polar surface area (TPSA) is 74.2 Å². The maximum atomic E-state index is 12.6. The number of halogens is 4. The third kappa shape index (κ3) is 6.07. The lowest BCUT2D eigenvalue weighted by Gasteiger charge is -2.13. The van der Waals surface area contributed by atoms with Crippen LogP contribution in [0.4, 0.5) is 19.1 Å². The van der Waals surface area contributed by atoms with Crippen molar-refractivity contribution in [1.82, 2.24) is 20.6 Å². The Morgan fingerprint density at radius 3 is 2.62 bits per heavy atom. The zero-order valence-electron chi connectivity index (χ0n) is 13.9. The van der Waals surface area contributed by atoms with Crippen LogP contribution < -0.4 is 16.0 Å². The molecule has 2 rings (SSSR count). The Kier molecular flexibility index (Phi) is 7.02. The lowest BCUT2D eigenvalue weighted by atomic mass is 10.2. The summed E-state index contributed by atoms with van der Waals surface area (Å²) in [6.45, 7) is 1.21. The second kappa shape index (κ2) is 9.23. The molecule has 0 saturated heterocycles. The maximum absolute atomic E-state index is 12.6. The van der Waals surface area contributed by atoms with Crippen LogP contribution in [-0.2, 0) is 12.7 Å². The van der Waals surface area contributed by atoms with Crippen molar-refractivity contribution in [2.45, 2.75) is 12.7 Å². The van der Waals surface area contributed by atoms with Crippen molar-refractivity contribution in [3.8, 4) is 0 Å². The fourth-order valence-corrected chi connectivity index (χ4v) is 2.20. The summed E-state index contributed by atoms with van der Waals surface area (Å²) in [5.41, 5.74) is -0.0622. The predicted octanol–water partition coefficient (Wildman–Crippen LogP) is 2.93. The summed E-state index contributed by atoms with van der Waals surface area (Å²) in [5.74, 6) is 0.456. The van der Waals surface area contributed by atoms with E-state index in [0.717, 1.165) is 17.8 Å². The molecule has 0 aliphatic carbocycles. The van der Waals surface area contributed by atoms with E-state index in [1.165, 1.54) is 0 Å². The average molecular weight is 387 g/mol. The third-order valence-corrected chi connectivity index (χ3v) is 3.64. The molecular formula is C16H18ClF3N6. The molecule has 2 aromatic rings. The Hall–Kier alpha value is -2.55. The van der Waals surface area contributed by atoms with E-state index in [1.54, 1.807) is 13.1 Å². The summed E-state index contributed by atoms with van der Waals surface area (Å²) >= 11 is 6.09. The zero-order valence-corrected chi connectivity index (χ0v) is 14.7. The van der Waals surface area contributed by atoms with Crippen LogP contribution in [0.2, 0.25) is 5.02 Å². The Morgan fingerprint density at radius 2 is 1.92 bits per heavy atom. The summed E-state index contributed by atoms with van der Waals surface area (Å²) in [6, 6.07) is 8.26. The highest BCUT2D eigenvalue weighted by atomic mass is 35.5. The van der Waals surface area contributed by atoms with Crippen LogP contribution in [0.3, 0.4) is 0 Å². The van der Waals surface area contributed by atoms with Gasteiger partial charge in [0.2, 0.25) is 5.95 Å². The molecule has 0 aliphatic rings. The Balaban J connectivity index is 1.77. The van der Waals surface area contributed by atoms with Crippen molar-refractivity contribution in [2.24, 2.45) is 4.99 Å². The number of benzene rings is 1. The molecule has 1 aromatic heterocycles. The van der Waals surface area contributed by atoms with Crippen LogP contribution >= 0.6 is 11.6 Å². The van der Waals surface area contributed by atoms with Gasteiger partial charge < -0.3 is 16.0 Å². The first-order valence-electron chi connectivity index (χ1n) is 7.72. The second-order valence-electron chi connectivity index (χ2n) is 5.13. The van der Waals surface area contributed by atoms with Gasteiger partial charge in [-0.1, -0.05) is 29.8 Å². The van der Waals surface area contributed by atoms with Crippen LogP contribution in [0.1, 0.15) is 11.3 Å². The average Bonchev–Trinajstić information content (AvgIpc) is 2.62. The highest BCUT2D eigenvalue weighted by Crippen LogP contribution is 2.27. The van der Waals surface area contributed by atoms with E-state index in [1.807, 2.05) is 18.2 Å². The summed E-state index contributed by atoms with van der Waals surface area (Å²) in [4.78, 5) is 11.3. The number of rotatable bonds is 6. The fourth-order valence-electron chi connectivity index (χ4n) is 2.00. The lowest BCUT2D eigenvalue weighted by molar-refractivity contribution is -0.141. The first-order chi connectivity index (χ1) is 12.4. The van der Waals surface area contributed by atoms with Crippen molar-refractivity contribution in [3.05, 3.63) is 52.8 Å². The molecule has 0 amide bonds. The number of alkyl halides is 3. The number of anilines is 1. The lowest BCUT2D eigenvalue weighted by Crippen LogP contribution is -2.39. The predicted molar refractivity (Wildman–Crippen MR) is 95.2 cm³/mol. The molecule has 0 atom stereocenters. The van der Waals surface area contributed by atoms with Gasteiger partial charge in [0.15, 0.2) is 5.96 Å². The molecule has 0 aliphatic heterocycles. The fraction of sp³-hybridized carbons (Fsp3) is 0.312. The highest BCUT2D eigenvalue weighted by Gasteiger charge is 2.32. The number of aromatic nitrogens is 2. The quantitative estimate of drug-likeness (QED) is 0.404.